The van der Waals surface area contributed by atoms with Gasteiger partial charge in [-0.15, -0.1) is 0 Å². The van der Waals surface area contributed by atoms with Crippen LogP contribution in [0.15, 0.2) is 78.9 Å². The van der Waals surface area contributed by atoms with Crippen molar-refractivity contribution in [2.24, 2.45) is 0 Å². The third-order valence-electron chi connectivity index (χ3n) is 7.21. The van der Waals surface area contributed by atoms with Crippen LogP contribution in [0.25, 0.3) is 22.6 Å². The molecule has 5 heteroatoms. The fourth-order valence-corrected chi connectivity index (χ4v) is 4.97. The maximum Gasteiger partial charge on any atom is 0.140 e. The van der Waals surface area contributed by atoms with Crippen LogP contribution in [0.3, 0.4) is 0 Å². The Balaban J connectivity index is 1.74. The summed E-state index contributed by atoms with van der Waals surface area (Å²) >= 11 is 0. The van der Waals surface area contributed by atoms with Gasteiger partial charge in [-0.3, -0.25) is 4.90 Å². The molecular weight excluding hydrogens is 494 g/mol. The van der Waals surface area contributed by atoms with Crippen molar-refractivity contribution in [3.8, 4) is 34.1 Å². The van der Waals surface area contributed by atoms with E-state index in [1.54, 1.807) is 7.11 Å². The van der Waals surface area contributed by atoms with Gasteiger partial charge in [0, 0.05) is 30.8 Å². The van der Waals surface area contributed by atoms with E-state index in [9.17, 15) is 0 Å². The number of hydrogen-bond acceptors (Lipinski definition) is 4. The number of rotatable bonds is 16. The van der Waals surface area contributed by atoms with E-state index in [2.05, 4.69) is 97.0 Å². The molecule has 0 saturated carbocycles. The van der Waals surface area contributed by atoms with Gasteiger partial charge in [0.1, 0.15) is 17.3 Å². The fourth-order valence-electron chi connectivity index (χ4n) is 4.97. The Morgan fingerprint density at radius 3 is 2.08 bits per heavy atom. The highest BCUT2D eigenvalue weighted by Gasteiger charge is 2.22. The summed E-state index contributed by atoms with van der Waals surface area (Å²) in [6.45, 7) is 11.1. The minimum atomic E-state index is 0.752. The molecular formula is C35H45N3O2. The SMILES string of the molecule is CCCCN(Cc1ccc(OCCC)cc1)Cc1c(-c2ccc(OC)cc2)nc(-c2ccccc2)n1CCCC. The summed E-state index contributed by atoms with van der Waals surface area (Å²) in [4.78, 5) is 7.89. The Kier molecular flexibility index (Phi) is 11.2. The minimum Gasteiger partial charge on any atom is -0.497 e. The molecule has 1 aromatic heterocycles. The molecule has 4 aromatic rings. The Bertz CT molecular complexity index is 1280. The zero-order valence-corrected chi connectivity index (χ0v) is 24.7. The van der Waals surface area contributed by atoms with Crippen LogP contribution in [0.4, 0.5) is 0 Å². The molecule has 212 valence electrons. The first-order valence-corrected chi connectivity index (χ1v) is 14.9. The van der Waals surface area contributed by atoms with Gasteiger partial charge in [0.15, 0.2) is 0 Å². The molecule has 0 aliphatic heterocycles. The summed E-state index contributed by atoms with van der Waals surface area (Å²) in [7, 11) is 1.71. The van der Waals surface area contributed by atoms with Crippen molar-refractivity contribution in [2.45, 2.75) is 72.5 Å². The quantitative estimate of drug-likeness (QED) is 0.143. The summed E-state index contributed by atoms with van der Waals surface area (Å²) in [6.07, 6.45) is 5.58. The van der Waals surface area contributed by atoms with Crippen molar-refractivity contribution < 1.29 is 9.47 Å². The molecule has 5 nitrogen and oxygen atoms in total. The molecule has 0 spiro atoms. The van der Waals surface area contributed by atoms with Crippen LogP contribution in [0.2, 0.25) is 0 Å². The fraction of sp³-hybridized carbons (Fsp3) is 0.400. The lowest BCUT2D eigenvalue weighted by molar-refractivity contribution is 0.246. The molecule has 0 aliphatic carbocycles. The molecule has 0 fully saturated rings. The Labute approximate surface area is 240 Å². The highest BCUT2D eigenvalue weighted by Crippen LogP contribution is 2.32. The molecule has 0 saturated heterocycles. The van der Waals surface area contributed by atoms with E-state index in [0.717, 1.165) is 99.0 Å². The largest absolute Gasteiger partial charge is 0.497 e. The van der Waals surface area contributed by atoms with E-state index in [-0.39, 0.29) is 0 Å². The zero-order chi connectivity index (χ0) is 28.2. The molecule has 4 rings (SSSR count). The first-order valence-electron chi connectivity index (χ1n) is 14.9. The summed E-state index contributed by atoms with van der Waals surface area (Å²) in [5.41, 5.74) is 5.91. The second kappa shape index (κ2) is 15.3. The predicted molar refractivity (Wildman–Crippen MR) is 166 cm³/mol. The van der Waals surface area contributed by atoms with Crippen molar-refractivity contribution in [3.63, 3.8) is 0 Å². The van der Waals surface area contributed by atoms with Gasteiger partial charge in [0.2, 0.25) is 0 Å². The number of imidazole rings is 1. The van der Waals surface area contributed by atoms with Crippen LogP contribution in [0.5, 0.6) is 11.5 Å². The Morgan fingerprint density at radius 2 is 1.43 bits per heavy atom. The van der Waals surface area contributed by atoms with Crippen LogP contribution in [-0.4, -0.2) is 34.7 Å². The normalized spacial score (nSPS) is 11.2. The lowest BCUT2D eigenvalue weighted by Crippen LogP contribution is -2.26. The van der Waals surface area contributed by atoms with Crippen molar-refractivity contribution >= 4 is 0 Å². The molecule has 0 radical (unpaired) electrons. The molecule has 3 aromatic carbocycles. The van der Waals surface area contributed by atoms with Crippen LogP contribution in [0.1, 0.15) is 64.1 Å². The highest BCUT2D eigenvalue weighted by molar-refractivity contribution is 5.69. The summed E-state index contributed by atoms with van der Waals surface area (Å²) in [5.74, 6) is 2.84. The molecule has 0 aliphatic rings. The van der Waals surface area contributed by atoms with Gasteiger partial charge in [-0.25, -0.2) is 4.98 Å². The van der Waals surface area contributed by atoms with Crippen molar-refractivity contribution in [3.05, 3.63) is 90.1 Å². The minimum absolute atomic E-state index is 0.752. The standard InChI is InChI=1S/C35H45N3O2/c1-5-8-23-37(26-28-15-19-32(20-16-28)40-25-7-3)27-33-34(29-17-21-31(39-4)22-18-29)36-35(38(33)24-9-6-2)30-13-11-10-12-14-30/h10-22H,5-9,23-27H2,1-4H3. The number of hydrogen-bond donors (Lipinski definition) is 0. The van der Waals surface area contributed by atoms with Gasteiger partial charge < -0.3 is 14.0 Å². The average Bonchev–Trinajstić information content (AvgIpc) is 3.36. The average molecular weight is 540 g/mol. The van der Waals surface area contributed by atoms with E-state index < -0.39 is 0 Å². The zero-order valence-electron chi connectivity index (χ0n) is 24.7. The third kappa shape index (κ3) is 7.76. The summed E-state index contributed by atoms with van der Waals surface area (Å²) < 4.78 is 13.7. The third-order valence-corrected chi connectivity index (χ3v) is 7.21. The maximum absolute atomic E-state index is 5.82. The smallest absolute Gasteiger partial charge is 0.140 e. The summed E-state index contributed by atoms with van der Waals surface area (Å²) in [5, 5.41) is 0. The first-order chi connectivity index (χ1) is 19.7. The first kappa shape index (κ1) is 29.4. The molecule has 0 bridgehead atoms. The van der Waals surface area contributed by atoms with Gasteiger partial charge in [0.25, 0.3) is 0 Å². The lowest BCUT2D eigenvalue weighted by atomic mass is 10.1. The van der Waals surface area contributed by atoms with E-state index in [0.29, 0.717) is 0 Å². The number of aromatic nitrogens is 2. The van der Waals surface area contributed by atoms with Gasteiger partial charge in [-0.05, 0) is 67.8 Å². The second-order valence-corrected chi connectivity index (χ2v) is 10.4. The van der Waals surface area contributed by atoms with Crippen molar-refractivity contribution in [1.82, 2.24) is 14.5 Å². The molecule has 1 heterocycles. The molecule has 0 atom stereocenters. The van der Waals surface area contributed by atoms with E-state index in [4.69, 9.17) is 14.5 Å². The van der Waals surface area contributed by atoms with Gasteiger partial charge in [-0.1, -0.05) is 76.1 Å². The molecule has 0 amide bonds. The number of ether oxygens (including phenoxy) is 2. The predicted octanol–water partition coefficient (Wildman–Crippen LogP) is 8.62. The Hall–Kier alpha value is -3.57. The van der Waals surface area contributed by atoms with E-state index in [1.165, 1.54) is 11.3 Å². The Morgan fingerprint density at radius 1 is 0.725 bits per heavy atom. The van der Waals surface area contributed by atoms with Crippen LogP contribution < -0.4 is 9.47 Å². The number of benzene rings is 3. The van der Waals surface area contributed by atoms with Crippen LogP contribution >= 0.6 is 0 Å². The highest BCUT2D eigenvalue weighted by atomic mass is 16.5. The van der Waals surface area contributed by atoms with Gasteiger partial charge in [-0.2, -0.15) is 0 Å². The van der Waals surface area contributed by atoms with E-state index in [1.807, 2.05) is 12.1 Å². The molecule has 0 unspecified atom stereocenters. The van der Waals surface area contributed by atoms with Crippen molar-refractivity contribution in [2.75, 3.05) is 20.3 Å². The second-order valence-electron chi connectivity index (χ2n) is 10.4. The monoisotopic (exact) mass is 539 g/mol. The van der Waals surface area contributed by atoms with E-state index >= 15 is 0 Å². The molecule has 0 N–H and O–H groups in total. The maximum atomic E-state index is 5.82. The number of nitrogens with zero attached hydrogens (tertiary/aromatic N) is 3. The number of unbranched alkanes of at least 4 members (excludes halogenated alkanes) is 2. The topological polar surface area (TPSA) is 39.5 Å². The van der Waals surface area contributed by atoms with Gasteiger partial charge >= 0.3 is 0 Å². The number of methoxy groups -OCH3 is 1. The lowest BCUT2D eigenvalue weighted by Gasteiger charge is -2.24. The molecule has 40 heavy (non-hydrogen) atoms. The van der Waals surface area contributed by atoms with Crippen molar-refractivity contribution in [1.29, 1.82) is 0 Å². The summed E-state index contributed by atoms with van der Waals surface area (Å²) in [6, 6.07) is 27.6. The van der Waals surface area contributed by atoms with Gasteiger partial charge in [0.05, 0.1) is 25.1 Å². The van der Waals surface area contributed by atoms with Crippen LogP contribution in [0, 0.1) is 0 Å². The van der Waals surface area contributed by atoms with Crippen LogP contribution in [-0.2, 0) is 19.6 Å².